The highest BCUT2D eigenvalue weighted by Crippen LogP contribution is 2.18. The van der Waals surface area contributed by atoms with Crippen LogP contribution in [0.5, 0.6) is 0 Å². The molecule has 0 spiro atoms. The summed E-state index contributed by atoms with van der Waals surface area (Å²) in [7, 11) is 0. The van der Waals surface area contributed by atoms with Crippen molar-refractivity contribution >= 4 is 11.4 Å². The minimum atomic E-state index is -0.367. The second-order valence-electron chi connectivity index (χ2n) is 3.63. The van der Waals surface area contributed by atoms with Gasteiger partial charge in [0.05, 0.1) is 31.1 Å². The Morgan fingerprint density at radius 3 is 2.33 bits per heavy atom. The van der Waals surface area contributed by atoms with Crippen molar-refractivity contribution < 1.29 is 10.2 Å². The highest BCUT2D eigenvalue weighted by atomic mass is 16.6. The third kappa shape index (κ3) is 2.24. The molecule has 1 aliphatic heterocycles. The van der Waals surface area contributed by atoms with Gasteiger partial charge in [0.15, 0.2) is 0 Å². The van der Waals surface area contributed by atoms with E-state index in [-0.39, 0.29) is 10.6 Å². The standard InChI is InChI=1S/C10H13N3O2/c14-13(15)10-3-1-9(2-4-10)12-7-5-11-6-8-12/h1-4,11H,5-8H2/p+1. The number of nitrogens with zero attached hydrogens (tertiary/aromatic N) is 2. The average Bonchev–Trinajstić information content (AvgIpc) is 2.30. The quantitative estimate of drug-likeness (QED) is 0.548. The van der Waals surface area contributed by atoms with Crippen molar-refractivity contribution in [3.05, 3.63) is 34.4 Å². The van der Waals surface area contributed by atoms with Gasteiger partial charge in [-0.1, -0.05) is 0 Å². The molecule has 0 radical (unpaired) electrons. The van der Waals surface area contributed by atoms with Gasteiger partial charge in [0, 0.05) is 17.8 Å². The van der Waals surface area contributed by atoms with E-state index in [2.05, 4.69) is 10.2 Å². The van der Waals surface area contributed by atoms with Crippen LogP contribution >= 0.6 is 0 Å². The second-order valence-corrected chi connectivity index (χ2v) is 3.63. The zero-order valence-electron chi connectivity index (χ0n) is 8.43. The molecule has 1 heterocycles. The number of nitro groups is 1. The second kappa shape index (κ2) is 4.27. The summed E-state index contributed by atoms with van der Waals surface area (Å²) in [4.78, 5) is 12.4. The Bertz CT molecular complexity index is 344. The topological polar surface area (TPSA) is 63.0 Å². The Morgan fingerprint density at radius 2 is 1.80 bits per heavy atom. The first-order valence-electron chi connectivity index (χ1n) is 5.08. The molecule has 0 amide bonds. The van der Waals surface area contributed by atoms with Crippen LogP contribution in [0.1, 0.15) is 0 Å². The maximum absolute atomic E-state index is 10.5. The lowest BCUT2D eigenvalue weighted by molar-refractivity contribution is -0.655. The van der Waals surface area contributed by atoms with Gasteiger partial charge in [0.1, 0.15) is 0 Å². The normalized spacial score (nSPS) is 16.4. The molecule has 15 heavy (non-hydrogen) atoms. The first-order valence-corrected chi connectivity index (χ1v) is 5.08. The van der Waals surface area contributed by atoms with Gasteiger partial charge in [0.25, 0.3) is 5.69 Å². The van der Waals surface area contributed by atoms with Gasteiger partial charge in [-0.25, -0.2) is 0 Å². The highest BCUT2D eigenvalue weighted by molar-refractivity contribution is 5.50. The smallest absolute Gasteiger partial charge is 0.269 e. The molecule has 0 bridgehead atoms. The third-order valence-corrected chi connectivity index (χ3v) is 2.63. The van der Waals surface area contributed by atoms with Crippen molar-refractivity contribution in [1.82, 2.24) is 0 Å². The lowest BCUT2D eigenvalue weighted by Crippen LogP contribution is -2.89. The number of nitrogens with two attached hydrogens (primary N) is 1. The molecule has 0 unspecified atom stereocenters. The Hall–Kier alpha value is -1.62. The summed E-state index contributed by atoms with van der Waals surface area (Å²) in [6.07, 6.45) is 0. The fourth-order valence-electron chi connectivity index (χ4n) is 1.79. The van der Waals surface area contributed by atoms with Gasteiger partial charge in [-0.3, -0.25) is 10.1 Å². The van der Waals surface area contributed by atoms with E-state index in [9.17, 15) is 10.1 Å². The molecule has 1 aromatic carbocycles. The predicted molar refractivity (Wildman–Crippen MR) is 57.0 cm³/mol. The summed E-state index contributed by atoms with van der Waals surface area (Å²) in [5, 5.41) is 12.8. The summed E-state index contributed by atoms with van der Waals surface area (Å²) in [5.41, 5.74) is 1.23. The monoisotopic (exact) mass is 208 g/mol. The van der Waals surface area contributed by atoms with Crippen LogP contribution in [0.4, 0.5) is 11.4 Å². The third-order valence-electron chi connectivity index (χ3n) is 2.63. The number of rotatable bonds is 2. The van der Waals surface area contributed by atoms with Crippen LogP contribution in [0, 0.1) is 10.1 Å². The number of hydrogen-bond donors (Lipinski definition) is 1. The van der Waals surface area contributed by atoms with Crippen LogP contribution in [0.3, 0.4) is 0 Å². The fourth-order valence-corrected chi connectivity index (χ4v) is 1.79. The number of non-ortho nitro benzene ring substituents is 1. The van der Waals surface area contributed by atoms with Crippen LogP contribution in [0.15, 0.2) is 24.3 Å². The number of piperazine rings is 1. The van der Waals surface area contributed by atoms with Crippen LogP contribution in [-0.4, -0.2) is 31.1 Å². The summed E-state index contributed by atoms with van der Waals surface area (Å²) < 4.78 is 0. The molecule has 5 heteroatoms. The Kier molecular flexibility index (Phi) is 2.82. The zero-order valence-corrected chi connectivity index (χ0v) is 8.43. The SMILES string of the molecule is O=[N+]([O-])c1ccc(N2CC[NH2+]CC2)cc1. The van der Waals surface area contributed by atoms with Gasteiger partial charge < -0.3 is 10.2 Å². The molecule has 2 N–H and O–H groups in total. The van der Waals surface area contributed by atoms with E-state index < -0.39 is 0 Å². The molecule has 1 saturated heterocycles. The zero-order chi connectivity index (χ0) is 10.7. The summed E-state index contributed by atoms with van der Waals surface area (Å²) in [6.45, 7) is 4.21. The lowest BCUT2D eigenvalue weighted by Gasteiger charge is -2.27. The maximum atomic E-state index is 10.5. The van der Waals surface area contributed by atoms with E-state index in [1.165, 1.54) is 0 Å². The predicted octanol–water partition coefficient (Wildman–Crippen LogP) is -0.0218. The van der Waals surface area contributed by atoms with Crippen LogP contribution < -0.4 is 10.2 Å². The first kappa shape index (κ1) is 9.92. The maximum Gasteiger partial charge on any atom is 0.269 e. The largest absolute Gasteiger partial charge is 0.360 e. The van der Waals surface area contributed by atoms with E-state index in [1.54, 1.807) is 12.1 Å². The Labute approximate surface area is 87.8 Å². The summed E-state index contributed by atoms with van der Waals surface area (Å²) in [6, 6.07) is 6.77. The van der Waals surface area contributed by atoms with E-state index in [0.717, 1.165) is 31.9 Å². The lowest BCUT2D eigenvalue weighted by atomic mass is 10.2. The van der Waals surface area contributed by atoms with E-state index >= 15 is 0 Å². The van der Waals surface area contributed by atoms with E-state index in [1.807, 2.05) is 12.1 Å². The summed E-state index contributed by atoms with van der Waals surface area (Å²) >= 11 is 0. The van der Waals surface area contributed by atoms with Crippen molar-refractivity contribution in [2.24, 2.45) is 0 Å². The molecule has 1 aromatic rings. The molecular weight excluding hydrogens is 194 g/mol. The van der Waals surface area contributed by atoms with Crippen LogP contribution in [0.2, 0.25) is 0 Å². The van der Waals surface area contributed by atoms with Crippen molar-refractivity contribution in [1.29, 1.82) is 0 Å². The van der Waals surface area contributed by atoms with Gasteiger partial charge >= 0.3 is 0 Å². The van der Waals surface area contributed by atoms with Gasteiger partial charge in [-0.15, -0.1) is 0 Å². The molecule has 1 aliphatic rings. The summed E-state index contributed by atoms with van der Waals surface area (Å²) in [5.74, 6) is 0. The minimum Gasteiger partial charge on any atom is -0.360 e. The van der Waals surface area contributed by atoms with E-state index in [0.29, 0.717) is 0 Å². The Balaban J connectivity index is 2.11. The van der Waals surface area contributed by atoms with Gasteiger partial charge in [0.2, 0.25) is 0 Å². The van der Waals surface area contributed by atoms with Crippen molar-refractivity contribution in [3.8, 4) is 0 Å². The van der Waals surface area contributed by atoms with Crippen molar-refractivity contribution in [2.45, 2.75) is 0 Å². The van der Waals surface area contributed by atoms with E-state index in [4.69, 9.17) is 0 Å². The first-order chi connectivity index (χ1) is 7.27. The number of nitro benzene ring substituents is 1. The molecule has 80 valence electrons. The average molecular weight is 208 g/mol. The Morgan fingerprint density at radius 1 is 1.20 bits per heavy atom. The van der Waals surface area contributed by atoms with Gasteiger partial charge in [-0.05, 0) is 12.1 Å². The van der Waals surface area contributed by atoms with Crippen LogP contribution in [-0.2, 0) is 0 Å². The molecule has 1 fully saturated rings. The molecule has 0 atom stereocenters. The molecule has 0 aliphatic carbocycles. The molecule has 0 aromatic heterocycles. The number of hydrogen-bond acceptors (Lipinski definition) is 3. The minimum absolute atomic E-state index is 0.155. The van der Waals surface area contributed by atoms with Gasteiger partial charge in [-0.2, -0.15) is 0 Å². The fraction of sp³-hybridized carbons (Fsp3) is 0.400. The number of benzene rings is 1. The van der Waals surface area contributed by atoms with Crippen LogP contribution in [0.25, 0.3) is 0 Å². The molecule has 2 rings (SSSR count). The van der Waals surface area contributed by atoms with Crippen molar-refractivity contribution in [2.75, 3.05) is 31.1 Å². The number of quaternary nitrogens is 1. The molecular formula is C10H14N3O2+. The molecule has 5 nitrogen and oxygen atoms in total. The highest BCUT2D eigenvalue weighted by Gasteiger charge is 2.13. The number of anilines is 1. The molecule has 0 saturated carbocycles. The van der Waals surface area contributed by atoms with Crippen molar-refractivity contribution in [3.63, 3.8) is 0 Å².